The molecule has 0 spiro atoms. The zero-order valence-electron chi connectivity index (χ0n) is 12.1. The Bertz CT molecular complexity index is 510. The summed E-state index contributed by atoms with van der Waals surface area (Å²) >= 11 is 0. The number of aliphatic carboxylic acids is 1. The van der Waals surface area contributed by atoms with Crippen molar-refractivity contribution < 1.29 is 14.7 Å². The van der Waals surface area contributed by atoms with E-state index in [-0.39, 0.29) is 11.9 Å². The van der Waals surface area contributed by atoms with Gasteiger partial charge in [-0.3, -0.25) is 9.59 Å². The number of nitrogens with one attached hydrogen (secondary N) is 1. The van der Waals surface area contributed by atoms with Crippen LogP contribution in [-0.4, -0.2) is 17.0 Å². The third-order valence-corrected chi connectivity index (χ3v) is 4.30. The lowest BCUT2D eigenvalue weighted by atomic mass is 10.0. The highest BCUT2D eigenvalue weighted by molar-refractivity contribution is 5.91. The van der Waals surface area contributed by atoms with E-state index in [4.69, 9.17) is 5.11 Å². The number of carbonyl (C=O) groups excluding carboxylic acids is 1. The van der Waals surface area contributed by atoms with Gasteiger partial charge in [-0.25, -0.2) is 0 Å². The highest BCUT2D eigenvalue weighted by atomic mass is 16.4. The van der Waals surface area contributed by atoms with Crippen molar-refractivity contribution in [1.29, 1.82) is 0 Å². The van der Waals surface area contributed by atoms with Gasteiger partial charge >= 0.3 is 5.97 Å². The molecule has 1 amide bonds. The number of benzene rings is 1. The van der Waals surface area contributed by atoms with Gasteiger partial charge in [-0.1, -0.05) is 51.1 Å². The monoisotopic (exact) mass is 275 g/mol. The molecule has 0 radical (unpaired) electrons. The first-order valence-corrected chi connectivity index (χ1v) is 6.97. The Hall–Kier alpha value is -1.84. The molecule has 0 bridgehead atoms. The number of carboxylic acid groups (broad SMARTS) is 1. The second kappa shape index (κ2) is 5.27. The van der Waals surface area contributed by atoms with Crippen molar-refractivity contribution in [1.82, 2.24) is 5.32 Å². The average molecular weight is 275 g/mol. The van der Waals surface area contributed by atoms with Crippen LogP contribution < -0.4 is 5.32 Å². The molecule has 0 saturated heterocycles. The van der Waals surface area contributed by atoms with Gasteiger partial charge in [0.05, 0.1) is 17.9 Å². The van der Waals surface area contributed by atoms with Crippen molar-refractivity contribution in [2.45, 2.75) is 33.2 Å². The molecule has 1 aliphatic carbocycles. The van der Waals surface area contributed by atoms with Gasteiger partial charge in [-0.15, -0.1) is 0 Å². The zero-order valence-corrected chi connectivity index (χ0v) is 12.1. The highest BCUT2D eigenvalue weighted by Crippen LogP contribution is 2.58. The van der Waals surface area contributed by atoms with Gasteiger partial charge in [0.25, 0.3) is 0 Å². The molecule has 1 unspecified atom stereocenters. The molecule has 1 aliphatic rings. The van der Waals surface area contributed by atoms with E-state index in [1.807, 2.05) is 51.1 Å². The van der Waals surface area contributed by atoms with Gasteiger partial charge in [0.15, 0.2) is 0 Å². The predicted molar refractivity (Wildman–Crippen MR) is 76.0 cm³/mol. The minimum absolute atomic E-state index is 0.0606. The number of carbonyl (C=O) groups is 2. The van der Waals surface area contributed by atoms with E-state index < -0.39 is 23.2 Å². The van der Waals surface area contributed by atoms with Crippen LogP contribution in [0.2, 0.25) is 0 Å². The standard InChI is InChI=1S/C16H21NO3/c1-4-11(10-8-6-5-7-9-10)17-14(18)12-13(15(19)20)16(12,2)3/h5-9,11-13H,4H2,1-3H3,(H,17,18)(H,19,20)/t11?,12-,13+/m1/s1. The van der Waals surface area contributed by atoms with Crippen LogP contribution in [0, 0.1) is 17.3 Å². The molecule has 1 aromatic rings. The van der Waals surface area contributed by atoms with Crippen LogP contribution in [0.3, 0.4) is 0 Å². The van der Waals surface area contributed by atoms with Gasteiger partial charge in [0, 0.05) is 0 Å². The zero-order chi connectivity index (χ0) is 14.9. The summed E-state index contributed by atoms with van der Waals surface area (Å²) < 4.78 is 0. The Kier molecular flexibility index (Phi) is 3.84. The molecule has 0 aliphatic heterocycles. The average Bonchev–Trinajstić information content (AvgIpc) is 3.00. The number of carboxylic acids is 1. The molecule has 2 N–H and O–H groups in total. The summed E-state index contributed by atoms with van der Waals surface area (Å²) in [7, 11) is 0. The van der Waals surface area contributed by atoms with Crippen molar-refractivity contribution in [3.63, 3.8) is 0 Å². The van der Waals surface area contributed by atoms with E-state index in [9.17, 15) is 9.59 Å². The maximum Gasteiger partial charge on any atom is 0.307 e. The van der Waals surface area contributed by atoms with E-state index in [0.29, 0.717) is 0 Å². The summed E-state index contributed by atoms with van der Waals surface area (Å²) in [6.07, 6.45) is 0.778. The molecule has 1 fully saturated rings. The molecule has 4 heteroatoms. The first-order chi connectivity index (χ1) is 9.39. The van der Waals surface area contributed by atoms with Crippen LogP contribution in [0.25, 0.3) is 0 Å². The van der Waals surface area contributed by atoms with Gasteiger partial charge in [0.2, 0.25) is 5.91 Å². The van der Waals surface area contributed by atoms with Crippen molar-refractivity contribution in [2.24, 2.45) is 17.3 Å². The van der Waals surface area contributed by atoms with Gasteiger partial charge in [-0.2, -0.15) is 0 Å². The lowest BCUT2D eigenvalue weighted by molar-refractivity contribution is -0.140. The third-order valence-electron chi connectivity index (χ3n) is 4.30. The summed E-state index contributed by atoms with van der Waals surface area (Å²) in [5, 5.41) is 12.1. The molecule has 2 rings (SSSR count). The summed E-state index contributed by atoms with van der Waals surface area (Å²) in [6, 6.07) is 9.69. The molecule has 0 aromatic heterocycles. The molecule has 1 saturated carbocycles. The van der Waals surface area contributed by atoms with E-state index in [1.165, 1.54) is 0 Å². The SMILES string of the molecule is CCC(NC(=O)[C@H]1[C@@H](C(=O)O)C1(C)C)c1ccccc1. The topological polar surface area (TPSA) is 66.4 Å². The molecule has 0 heterocycles. The van der Waals surface area contributed by atoms with Gasteiger partial charge in [-0.05, 0) is 17.4 Å². The Morgan fingerprint density at radius 2 is 1.85 bits per heavy atom. The van der Waals surface area contributed by atoms with Gasteiger partial charge in [0.1, 0.15) is 0 Å². The fourth-order valence-electron chi connectivity index (χ4n) is 2.96. The second-order valence-corrected chi connectivity index (χ2v) is 6.00. The first-order valence-electron chi connectivity index (χ1n) is 6.97. The van der Waals surface area contributed by atoms with Crippen LogP contribution >= 0.6 is 0 Å². The van der Waals surface area contributed by atoms with Crippen LogP contribution in [-0.2, 0) is 9.59 Å². The van der Waals surface area contributed by atoms with E-state index in [0.717, 1.165) is 12.0 Å². The van der Waals surface area contributed by atoms with E-state index >= 15 is 0 Å². The van der Waals surface area contributed by atoms with Gasteiger partial charge < -0.3 is 10.4 Å². The summed E-state index contributed by atoms with van der Waals surface area (Å²) in [4.78, 5) is 23.4. The molecule has 3 atom stereocenters. The number of amides is 1. The molecular weight excluding hydrogens is 254 g/mol. The summed E-state index contributed by atoms with van der Waals surface area (Å²) in [5.41, 5.74) is 0.596. The fraction of sp³-hybridized carbons (Fsp3) is 0.500. The Morgan fingerprint density at radius 3 is 2.30 bits per heavy atom. The van der Waals surface area contributed by atoms with Crippen LogP contribution in [0.15, 0.2) is 30.3 Å². The second-order valence-electron chi connectivity index (χ2n) is 6.00. The third kappa shape index (κ3) is 2.55. The Labute approximate surface area is 119 Å². The molecule has 20 heavy (non-hydrogen) atoms. The van der Waals surface area contributed by atoms with Crippen LogP contribution in [0.1, 0.15) is 38.8 Å². The minimum atomic E-state index is -0.886. The molecular formula is C16H21NO3. The fourth-order valence-corrected chi connectivity index (χ4v) is 2.96. The quantitative estimate of drug-likeness (QED) is 0.868. The van der Waals surface area contributed by atoms with E-state index in [2.05, 4.69) is 5.32 Å². The molecule has 108 valence electrons. The van der Waals surface area contributed by atoms with Crippen molar-refractivity contribution in [3.8, 4) is 0 Å². The number of hydrogen-bond acceptors (Lipinski definition) is 2. The maximum atomic E-state index is 12.3. The van der Waals surface area contributed by atoms with Crippen LogP contribution in [0.4, 0.5) is 0 Å². The van der Waals surface area contributed by atoms with Crippen molar-refractivity contribution in [3.05, 3.63) is 35.9 Å². The molecule has 1 aromatic carbocycles. The summed E-state index contributed by atoms with van der Waals surface area (Å²) in [5.74, 6) is -2.05. The van der Waals surface area contributed by atoms with Crippen molar-refractivity contribution in [2.75, 3.05) is 0 Å². The highest BCUT2D eigenvalue weighted by Gasteiger charge is 2.65. The summed E-state index contributed by atoms with van der Waals surface area (Å²) in [6.45, 7) is 5.67. The largest absolute Gasteiger partial charge is 0.481 e. The Balaban J connectivity index is 2.07. The number of rotatable bonds is 5. The van der Waals surface area contributed by atoms with E-state index in [1.54, 1.807) is 0 Å². The lowest BCUT2D eigenvalue weighted by Crippen LogP contribution is -2.31. The maximum absolute atomic E-state index is 12.3. The number of hydrogen-bond donors (Lipinski definition) is 2. The smallest absolute Gasteiger partial charge is 0.307 e. The molecule has 4 nitrogen and oxygen atoms in total. The normalized spacial score (nSPS) is 24.8. The Morgan fingerprint density at radius 1 is 1.25 bits per heavy atom. The van der Waals surface area contributed by atoms with Crippen LogP contribution in [0.5, 0.6) is 0 Å². The minimum Gasteiger partial charge on any atom is -0.481 e. The predicted octanol–water partition coefficient (Wildman–Crippen LogP) is 2.61. The first kappa shape index (κ1) is 14.6. The lowest BCUT2D eigenvalue weighted by Gasteiger charge is -2.18. The van der Waals surface area contributed by atoms with Crippen molar-refractivity contribution >= 4 is 11.9 Å².